The Morgan fingerprint density at radius 3 is 2.37 bits per heavy atom. The first-order valence-corrected chi connectivity index (χ1v) is 6.58. The minimum Gasteiger partial charge on any atom is -0.325 e. The average Bonchev–Trinajstić information content (AvgIpc) is 2.43. The number of nitrogens with one attached hydrogen (secondary N) is 1. The molecular weight excluding hydrogens is 258 g/mol. The van der Waals surface area contributed by atoms with Crippen molar-refractivity contribution in [3.05, 3.63) is 65.2 Å². The summed E-state index contributed by atoms with van der Waals surface area (Å²) in [5.41, 5.74) is 3.91. The van der Waals surface area contributed by atoms with Gasteiger partial charge in [0, 0.05) is 5.69 Å². The second-order valence-corrected chi connectivity index (χ2v) is 5.00. The first-order chi connectivity index (χ1) is 9.08. The molecule has 0 bridgehead atoms. The van der Waals surface area contributed by atoms with Crippen LogP contribution in [0.5, 0.6) is 0 Å². The van der Waals surface area contributed by atoms with Gasteiger partial charge < -0.3 is 5.32 Å². The fourth-order valence-electron chi connectivity index (χ4n) is 1.80. The Kier molecular flexibility index (Phi) is 4.23. The molecule has 3 heteroatoms. The van der Waals surface area contributed by atoms with Gasteiger partial charge in [0.2, 0.25) is 5.91 Å². The number of aryl methyl sites for hydroxylation is 2. The van der Waals surface area contributed by atoms with Gasteiger partial charge in [0.15, 0.2) is 0 Å². The quantitative estimate of drug-likeness (QED) is 0.834. The van der Waals surface area contributed by atoms with Crippen molar-refractivity contribution in [1.82, 2.24) is 0 Å². The van der Waals surface area contributed by atoms with Crippen LogP contribution >= 0.6 is 11.6 Å². The molecule has 2 aromatic carbocycles. The van der Waals surface area contributed by atoms with Gasteiger partial charge >= 0.3 is 0 Å². The molecule has 0 spiro atoms. The van der Waals surface area contributed by atoms with Crippen molar-refractivity contribution in [2.75, 3.05) is 5.32 Å². The van der Waals surface area contributed by atoms with Crippen molar-refractivity contribution in [3.8, 4) is 0 Å². The Bertz CT molecular complexity index is 581. The van der Waals surface area contributed by atoms with Gasteiger partial charge in [-0.15, -0.1) is 11.6 Å². The summed E-state index contributed by atoms with van der Waals surface area (Å²) < 4.78 is 0. The summed E-state index contributed by atoms with van der Waals surface area (Å²) in [5, 5.41) is 2.16. The number of carbonyl (C=O) groups is 1. The Hall–Kier alpha value is -1.80. The maximum absolute atomic E-state index is 12.1. The summed E-state index contributed by atoms with van der Waals surface area (Å²) in [4.78, 5) is 12.1. The summed E-state index contributed by atoms with van der Waals surface area (Å²) in [6, 6.07) is 15.1. The SMILES string of the molecule is Cc1ccc(NC(=O)C(Cl)c2ccccc2)cc1C. The highest BCUT2D eigenvalue weighted by atomic mass is 35.5. The number of rotatable bonds is 3. The van der Waals surface area contributed by atoms with Crippen LogP contribution in [0.1, 0.15) is 22.1 Å². The summed E-state index contributed by atoms with van der Waals surface area (Å²) in [5.74, 6) is -0.212. The molecule has 0 aliphatic heterocycles. The molecule has 0 radical (unpaired) electrons. The van der Waals surface area contributed by atoms with Crippen molar-refractivity contribution in [1.29, 1.82) is 0 Å². The van der Waals surface area contributed by atoms with E-state index < -0.39 is 5.38 Å². The first-order valence-electron chi connectivity index (χ1n) is 6.15. The van der Waals surface area contributed by atoms with Crippen LogP contribution in [0.15, 0.2) is 48.5 Å². The molecule has 0 aromatic heterocycles. The van der Waals surface area contributed by atoms with E-state index in [1.165, 1.54) is 5.56 Å². The molecule has 0 heterocycles. The smallest absolute Gasteiger partial charge is 0.246 e. The lowest BCUT2D eigenvalue weighted by atomic mass is 10.1. The van der Waals surface area contributed by atoms with E-state index in [0.29, 0.717) is 0 Å². The van der Waals surface area contributed by atoms with E-state index in [-0.39, 0.29) is 5.91 Å². The summed E-state index contributed by atoms with van der Waals surface area (Å²) in [7, 11) is 0. The van der Waals surface area contributed by atoms with E-state index in [1.807, 2.05) is 62.4 Å². The number of carbonyl (C=O) groups excluding carboxylic acids is 1. The third kappa shape index (κ3) is 3.36. The molecule has 98 valence electrons. The predicted molar refractivity (Wildman–Crippen MR) is 79.6 cm³/mol. The van der Waals surface area contributed by atoms with Crippen LogP contribution in [-0.2, 0) is 4.79 Å². The lowest BCUT2D eigenvalue weighted by Crippen LogP contribution is -2.17. The van der Waals surface area contributed by atoms with E-state index in [9.17, 15) is 4.79 Å². The topological polar surface area (TPSA) is 29.1 Å². The zero-order chi connectivity index (χ0) is 13.8. The zero-order valence-electron chi connectivity index (χ0n) is 11.0. The van der Waals surface area contributed by atoms with Crippen molar-refractivity contribution in [2.24, 2.45) is 0 Å². The van der Waals surface area contributed by atoms with Crippen LogP contribution in [-0.4, -0.2) is 5.91 Å². The highest BCUT2D eigenvalue weighted by Gasteiger charge is 2.17. The largest absolute Gasteiger partial charge is 0.325 e. The Labute approximate surface area is 118 Å². The minimum atomic E-state index is -0.678. The van der Waals surface area contributed by atoms with Crippen LogP contribution in [0, 0.1) is 13.8 Å². The third-order valence-corrected chi connectivity index (χ3v) is 3.55. The number of hydrogen-bond acceptors (Lipinski definition) is 1. The van der Waals surface area contributed by atoms with Gasteiger partial charge in [0.25, 0.3) is 0 Å². The molecule has 0 aliphatic rings. The second-order valence-electron chi connectivity index (χ2n) is 4.56. The van der Waals surface area contributed by atoms with Crippen LogP contribution in [0.2, 0.25) is 0 Å². The molecule has 1 atom stereocenters. The zero-order valence-corrected chi connectivity index (χ0v) is 11.7. The van der Waals surface area contributed by atoms with Crippen molar-refractivity contribution < 1.29 is 4.79 Å². The number of hydrogen-bond donors (Lipinski definition) is 1. The van der Waals surface area contributed by atoms with E-state index in [2.05, 4.69) is 5.32 Å². The van der Waals surface area contributed by atoms with Gasteiger partial charge in [-0.3, -0.25) is 4.79 Å². The fraction of sp³-hybridized carbons (Fsp3) is 0.188. The molecule has 2 nitrogen and oxygen atoms in total. The van der Waals surface area contributed by atoms with E-state index in [4.69, 9.17) is 11.6 Å². The summed E-state index contributed by atoms with van der Waals surface area (Å²) in [6.07, 6.45) is 0. The number of anilines is 1. The van der Waals surface area contributed by atoms with Crippen molar-refractivity contribution in [2.45, 2.75) is 19.2 Å². The standard InChI is InChI=1S/C16H16ClNO/c1-11-8-9-14(10-12(11)2)18-16(19)15(17)13-6-4-3-5-7-13/h3-10,15H,1-2H3,(H,18,19). The monoisotopic (exact) mass is 273 g/mol. The molecule has 1 amide bonds. The lowest BCUT2D eigenvalue weighted by Gasteiger charge is -2.12. The van der Waals surface area contributed by atoms with Gasteiger partial charge in [-0.05, 0) is 42.7 Å². The van der Waals surface area contributed by atoms with E-state index >= 15 is 0 Å². The first kappa shape index (κ1) is 13.6. The number of amides is 1. The molecule has 2 rings (SSSR count). The molecule has 0 fully saturated rings. The molecule has 0 saturated carbocycles. The molecule has 1 unspecified atom stereocenters. The highest BCUT2D eigenvalue weighted by Crippen LogP contribution is 2.23. The number of alkyl halides is 1. The maximum Gasteiger partial charge on any atom is 0.246 e. The summed E-state index contributed by atoms with van der Waals surface area (Å²) >= 11 is 6.17. The molecule has 2 aromatic rings. The van der Waals surface area contributed by atoms with Gasteiger partial charge in [-0.25, -0.2) is 0 Å². The normalized spacial score (nSPS) is 11.9. The maximum atomic E-state index is 12.1. The molecule has 0 aliphatic carbocycles. The molecule has 0 saturated heterocycles. The van der Waals surface area contributed by atoms with Gasteiger partial charge in [0.1, 0.15) is 5.38 Å². The predicted octanol–water partition coefficient (Wildman–Crippen LogP) is 4.22. The Morgan fingerprint density at radius 2 is 1.74 bits per heavy atom. The fourth-order valence-corrected chi connectivity index (χ4v) is 2.00. The van der Waals surface area contributed by atoms with E-state index in [0.717, 1.165) is 16.8 Å². The molecule has 1 N–H and O–H groups in total. The number of halogens is 1. The molecule has 19 heavy (non-hydrogen) atoms. The molecular formula is C16H16ClNO. The Balaban J connectivity index is 2.10. The van der Waals surface area contributed by atoms with Crippen LogP contribution in [0.25, 0.3) is 0 Å². The van der Waals surface area contributed by atoms with Gasteiger partial charge in [0.05, 0.1) is 0 Å². The van der Waals surface area contributed by atoms with Crippen molar-refractivity contribution >= 4 is 23.2 Å². The summed E-state index contributed by atoms with van der Waals surface area (Å²) in [6.45, 7) is 4.05. The highest BCUT2D eigenvalue weighted by molar-refractivity contribution is 6.32. The second kappa shape index (κ2) is 5.89. The van der Waals surface area contributed by atoms with Crippen LogP contribution in [0.3, 0.4) is 0 Å². The average molecular weight is 274 g/mol. The Morgan fingerprint density at radius 1 is 1.05 bits per heavy atom. The van der Waals surface area contributed by atoms with E-state index in [1.54, 1.807) is 0 Å². The van der Waals surface area contributed by atoms with Crippen LogP contribution < -0.4 is 5.32 Å². The minimum absolute atomic E-state index is 0.212. The van der Waals surface area contributed by atoms with Gasteiger partial charge in [-0.1, -0.05) is 36.4 Å². The van der Waals surface area contributed by atoms with Gasteiger partial charge in [-0.2, -0.15) is 0 Å². The van der Waals surface area contributed by atoms with Crippen LogP contribution in [0.4, 0.5) is 5.69 Å². The van der Waals surface area contributed by atoms with Crippen molar-refractivity contribution in [3.63, 3.8) is 0 Å². The third-order valence-electron chi connectivity index (χ3n) is 3.10. The lowest BCUT2D eigenvalue weighted by molar-refractivity contribution is -0.116. The number of benzene rings is 2.